The number of halogens is 2. The Morgan fingerprint density at radius 2 is 2.21 bits per heavy atom. The smallest absolute Gasteiger partial charge is 0.147 e. The van der Waals surface area contributed by atoms with Crippen LogP contribution in [-0.4, -0.2) is 5.88 Å². The number of anilines is 1. The van der Waals surface area contributed by atoms with Crippen LogP contribution >= 0.6 is 11.6 Å². The molecule has 0 aliphatic carbocycles. The van der Waals surface area contributed by atoms with E-state index in [1.807, 2.05) is 6.92 Å². The number of benzene rings is 1. The second-order valence-electron chi connectivity index (χ2n) is 2.93. The van der Waals surface area contributed by atoms with Crippen molar-refractivity contribution in [1.29, 1.82) is 0 Å². The number of hydrogen-bond acceptors (Lipinski definition) is 1. The van der Waals surface area contributed by atoms with E-state index in [2.05, 4.69) is 11.8 Å². The summed E-state index contributed by atoms with van der Waals surface area (Å²) in [7, 11) is 0. The lowest BCUT2D eigenvalue weighted by molar-refractivity contribution is 0.631. The minimum atomic E-state index is -0.425. The van der Waals surface area contributed by atoms with Gasteiger partial charge in [-0.25, -0.2) is 4.39 Å². The van der Waals surface area contributed by atoms with E-state index in [0.717, 1.165) is 5.56 Å². The Morgan fingerprint density at radius 1 is 1.50 bits per heavy atom. The lowest BCUT2D eigenvalue weighted by Crippen LogP contribution is -1.93. The van der Waals surface area contributed by atoms with Crippen molar-refractivity contribution in [3.63, 3.8) is 0 Å². The standard InChI is InChI=1S/C11H11ClFN/c1-8-6-11(14)10(13)7-9(8)4-2-3-5-12/h6-7H,3,5,14H2,1H3. The highest BCUT2D eigenvalue weighted by Gasteiger charge is 2.01. The van der Waals surface area contributed by atoms with Crippen molar-refractivity contribution in [2.75, 3.05) is 11.6 Å². The van der Waals surface area contributed by atoms with Crippen LogP contribution in [0.25, 0.3) is 0 Å². The Labute approximate surface area is 88.1 Å². The molecule has 0 aliphatic rings. The summed E-state index contributed by atoms with van der Waals surface area (Å²) in [5, 5.41) is 0. The molecule has 0 heterocycles. The van der Waals surface area contributed by atoms with E-state index in [0.29, 0.717) is 17.9 Å². The van der Waals surface area contributed by atoms with Gasteiger partial charge in [0.05, 0.1) is 5.69 Å². The Morgan fingerprint density at radius 3 is 2.86 bits per heavy atom. The second kappa shape index (κ2) is 4.88. The molecule has 1 nitrogen and oxygen atoms in total. The summed E-state index contributed by atoms with van der Waals surface area (Å²) >= 11 is 5.47. The van der Waals surface area contributed by atoms with Gasteiger partial charge in [0, 0.05) is 17.9 Å². The molecule has 1 rings (SSSR count). The molecule has 0 aliphatic heterocycles. The maximum absolute atomic E-state index is 13.0. The summed E-state index contributed by atoms with van der Waals surface area (Å²) in [5.41, 5.74) is 7.11. The quantitative estimate of drug-likeness (QED) is 0.432. The highest BCUT2D eigenvalue weighted by molar-refractivity contribution is 6.18. The number of alkyl halides is 1. The minimum absolute atomic E-state index is 0.158. The molecular formula is C11H11ClFN. The molecule has 2 N–H and O–H groups in total. The third kappa shape index (κ3) is 2.65. The van der Waals surface area contributed by atoms with Gasteiger partial charge in [0.25, 0.3) is 0 Å². The molecule has 1 aromatic carbocycles. The molecule has 0 radical (unpaired) electrons. The summed E-state index contributed by atoms with van der Waals surface area (Å²) in [6.07, 6.45) is 0.604. The molecule has 0 fully saturated rings. The first-order chi connectivity index (χ1) is 6.65. The fourth-order valence-electron chi connectivity index (χ4n) is 1.04. The molecule has 14 heavy (non-hydrogen) atoms. The van der Waals surface area contributed by atoms with Crippen molar-refractivity contribution in [2.45, 2.75) is 13.3 Å². The molecule has 0 atom stereocenters. The van der Waals surface area contributed by atoms with Crippen LogP contribution in [0.4, 0.5) is 10.1 Å². The molecule has 0 amide bonds. The van der Waals surface area contributed by atoms with E-state index in [4.69, 9.17) is 17.3 Å². The van der Waals surface area contributed by atoms with Gasteiger partial charge in [-0.05, 0) is 24.6 Å². The molecule has 0 bridgehead atoms. The number of nitrogen functional groups attached to an aromatic ring is 1. The lowest BCUT2D eigenvalue weighted by Gasteiger charge is -2.01. The molecule has 3 heteroatoms. The molecular weight excluding hydrogens is 201 g/mol. The first-order valence-electron chi connectivity index (χ1n) is 4.25. The number of nitrogens with two attached hydrogens (primary N) is 1. The van der Waals surface area contributed by atoms with Gasteiger partial charge in [0.15, 0.2) is 0 Å². The van der Waals surface area contributed by atoms with Crippen LogP contribution in [0.5, 0.6) is 0 Å². The fraction of sp³-hybridized carbons (Fsp3) is 0.273. The van der Waals surface area contributed by atoms with Gasteiger partial charge in [0.2, 0.25) is 0 Å². The zero-order valence-electron chi connectivity index (χ0n) is 7.90. The zero-order chi connectivity index (χ0) is 10.6. The highest BCUT2D eigenvalue weighted by Crippen LogP contribution is 2.16. The van der Waals surface area contributed by atoms with Gasteiger partial charge in [0.1, 0.15) is 5.82 Å². The molecule has 0 aromatic heterocycles. The topological polar surface area (TPSA) is 26.0 Å². The third-order valence-electron chi connectivity index (χ3n) is 1.79. The van der Waals surface area contributed by atoms with Gasteiger partial charge in [-0.15, -0.1) is 11.6 Å². The van der Waals surface area contributed by atoms with Crippen molar-refractivity contribution >= 4 is 17.3 Å². The van der Waals surface area contributed by atoms with Crippen molar-refractivity contribution in [2.24, 2.45) is 0 Å². The average molecular weight is 212 g/mol. The lowest BCUT2D eigenvalue weighted by atomic mass is 10.1. The Hall–Kier alpha value is -1.20. The van der Waals surface area contributed by atoms with Crippen molar-refractivity contribution < 1.29 is 4.39 Å². The predicted molar refractivity (Wildman–Crippen MR) is 57.8 cm³/mol. The van der Waals surface area contributed by atoms with E-state index in [9.17, 15) is 4.39 Å². The molecule has 0 saturated heterocycles. The first-order valence-corrected chi connectivity index (χ1v) is 4.79. The molecule has 74 valence electrons. The summed E-state index contributed by atoms with van der Waals surface area (Å²) in [4.78, 5) is 0. The zero-order valence-corrected chi connectivity index (χ0v) is 8.66. The monoisotopic (exact) mass is 211 g/mol. The van der Waals surface area contributed by atoms with Gasteiger partial charge < -0.3 is 5.73 Å². The van der Waals surface area contributed by atoms with Crippen LogP contribution in [0.15, 0.2) is 12.1 Å². The normalized spacial score (nSPS) is 9.36. The van der Waals surface area contributed by atoms with Crippen molar-refractivity contribution in [3.05, 3.63) is 29.1 Å². The third-order valence-corrected chi connectivity index (χ3v) is 1.98. The van der Waals surface area contributed by atoms with Crippen LogP contribution in [0.1, 0.15) is 17.5 Å². The predicted octanol–water partition coefficient (Wildman–Crippen LogP) is 2.70. The van der Waals surface area contributed by atoms with Crippen LogP contribution in [0.2, 0.25) is 0 Å². The summed E-state index contributed by atoms with van der Waals surface area (Å²) in [5.74, 6) is 5.77. The van der Waals surface area contributed by atoms with Crippen molar-refractivity contribution in [1.82, 2.24) is 0 Å². The van der Waals surface area contributed by atoms with Crippen molar-refractivity contribution in [3.8, 4) is 11.8 Å². The maximum atomic E-state index is 13.0. The molecule has 1 aromatic rings. The second-order valence-corrected chi connectivity index (χ2v) is 3.31. The summed E-state index contributed by atoms with van der Waals surface area (Å²) in [6.45, 7) is 1.85. The van der Waals surface area contributed by atoms with Crippen LogP contribution < -0.4 is 5.73 Å². The van der Waals surface area contributed by atoms with Gasteiger partial charge in [-0.3, -0.25) is 0 Å². The van der Waals surface area contributed by atoms with E-state index in [-0.39, 0.29) is 5.69 Å². The molecule has 0 saturated carbocycles. The van der Waals surface area contributed by atoms with Crippen LogP contribution in [-0.2, 0) is 0 Å². The fourth-order valence-corrected chi connectivity index (χ4v) is 1.14. The number of aryl methyl sites for hydroxylation is 1. The SMILES string of the molecule is Cc1cc(N)c(F)cc1C#CCCCl. The van der Waals surface area contributed by atoms with Gasteiger partial charge >= 0.3 is 0 Å². The number of hydrogen-bond donors (Lipinski definition) is 1. The van der Waals surface area contributed by atoms with Crippen LogP contribution in [0, 0.1) is 24.6 Å². The highest BCUT2D eigenvalue weighted by atomic mass is 35.5. The summed E-state index contributed by atoms with van der Waals surface area (Å²) in [6, 6.07) is 2.94. The maximum Gasteiger partial charge on any atom is 0.147 e. The van der Waals surface area contributed by atoms with Crippen LogP contribution in [0.3, 0.4) is 0 Å². The van der Waals surface area contributed by atoms with Gasteiger partial charge in [-0.1, -0.05) is 11.8 Å². The molecule has 0 unspecified atom stereocenters. The molecule has 0 spiro atoms. The summed E-state index contributed by atoms with van der Waals surface area (Å²) < 4.78 is 13.0. The Bertz CT molecular complexity index is 390. The Balaban J connectivity index is 3.00. The Kier molecular flexibility index (Phi) is 3.79. The minimum Gasteiger partial charge on any atom is -0.396 e. The first kappa shape index (κ1) is 10.9. The van der Waals surface area contributed by atoms with E-state index in [1.54, 1.807) is 6.07 Å². The largest absolute Gasteiger partial charge is 0.396 e. The van der Waals surface area contributed by atoms with E-state index in [1.165, 1.54) is 6.07 Å². The average Bonchev–Trinajstić information content (AvgIpc) is 2.14. The van der Waals surface area contributed by atoms with Gasteiger partial charge in [-0.2, -0.15) is 0 Å². The van der Waals surface area contributed by atoms with E-state index < -0.39 is 5.82 Å². The number of rotatable bonds is 1. The van der Waals surface area contributed by atoms with E-state index >= 15 is 0 Å².